The third-order valence-corrected chi connectivity index (χ3v) is 4.02. The fraction of sp³-hybridized carbons (Fsp3) is 0.357. The van der Waals surface area contributed by atoms with Gasteiger partial charge in [-0.3, -0.25) is 4.68 Å². The van der Waals surface area contributed by atoms with Gasteiger partial charge in [0.05, 0.1) is 27.4 Å². The summed E-state index contributed by atoms with van der Waals surface area (Å²) in [6, 6.07) is 4.91. The van der Waals surface area contributed by atoms with Crippen molar-refractivity contribution in [1.82, 2.24) is 15.1 Å². The summed E-state index contributed by atoms with van der Waals surface area (Å²) in [5.74, 6) is -0.288. The molecule has 2 aromatic rings. The molecule has 0 aliphatic rings. The number of aromatic nitrogens is 2. The van der Waals surface area contributed by atoms with Crippen molar-refractivity contribution in [1.29, 1.82) is 0 Å². The van der Waals surface area contributed by atoms with E-state index in [4.69, 9.17) is 11.6 Å². The van der Waals surface area contributed by atoms with E-state index >= 15 is 0 Å². The molecular weight excluding hydrogens is 345 g/mol. The molecule has 0 saturated carbocycles. The average Bonchev–Trinajstić information content (AvgIpc) is 2.75. The summed E-state index contributed by atoms with van der Waals surface area (Å²) < 4.78 is 15.9. The summed E-state index contributed by atoms with van der Waals surface area (Å²) in [6.07, 6.45) is 2.58. The maximum atomic E-state index is 13.8. The first kappa shape index (κ1) is 15.5. The van der Waals surface area contributed by atoms with Gasteiger partial charge in [0, 0.05) is 7.05 Å². The minimum atomic E-state index is -0.288. The lowest BCUT2D eigenvalue weighted by Gasteiger charge is -2.20. The smallest absolute Gasteiger partial charge is 0.137 e. The molecule has 0 aliphatic carbocycles. The van der Waals surface area contributed by atoms with Crippen LogP contribution in [0.3, 0.4) is 0 Å². The van der Waals surface area contributed by atoms with Crippen molar-refractivity contribution in [2.45, 2.75) is 19.4 Å². The zero-order chi connectivity index (χ0) is 14.7. The lowest BCUT2D eigenvalue weighted by atomic mass is 10.0. The van der Waals surface area contributed by atoms with Crippen LogP contribution in [0.25, 0.3) is 0 Å². The van der Waals surface area contributed by atoms with E-state index in [0.29, 0.717) is 9.50 Å². The number of halogens is 3. The maximum Gasteiger partial charge on any atom is 0.137 e. The second kappa shape index (κ2) is 6.70. The Labute approximate surface area is 131 Å². The van der Waals surface area contributed by atoms with Crippen LogP contribution in [0.15, 0.2) is 28.9 Å². The van der Waals surface area contributed by atoms with E-state index in [1.54, 1.807) is 16.9 Å². The molecule has 1 heterocycles. The molecule has 0 bridgehead atoms. The highest BCUT2D eigenvalue weighted by Gasteiger charge is 2.21. The van der Waals surface area contributed by atoms with E-state index in [9.17, 15) is 4.39 Å². The normalized spacial score (nSPS) is 12.7. The van der Waals surface area contributed by atoms with Crippen molar-refractivity contribution in [2.75, 3.05) is 6.54 Å². The average molecular weight is 361 g/mol. The molecular formula is C14H16BrClFN3. The van der Waals surface area contributed by atoms with Gasteiger partial charge in [0.1, 0.15) is 5.82 Å². The minimum Gasteiger partial charge on any atom is -0.305 e. The Bertz CT molecular complexity index is 581. The maximum absolute atomic E-state index is 13.8. The third-order valence-electron chi connectivity index (χ3n) is 3.09. The Balaban J connectivity index is 2.44. The highest BCUT2D eigenvalue weighted by atomic mass is 79.9. The Morgan fingerprint density at radius 3 is 2.80 bits per heavy atom. The fourth-order valence-corrected chi connectivity index (χ4v) is 2.62. The number of nitrogens with zero attached hydrogens (tertiary/aromatic N) is 2. The highest BCUT2D eigenvalue weighted by Crippen LogP contribution is 2.29. The van der Waals surface area contributed by atoms with Crippen molar-refractivity contribution < 1.29 is 4.39 Å². The van der Waals surface area contributed by atoms with E-state index in [1.165, 1.54) is 6.07 Å². The predicted molar refractivity (Wildman–Crippen MR) is 82.5 cm³/mol. The molecule has 3 nitrogen and oxygen atoms in total. The molecule has 1 atom stereocenters. The molecule has 20 heavy (non-hydrogen) atoms. The van der Waals surface area contributed by atoms with Gasteiger partial charge >= 0.3 is 0 Å². The van der Waals surface area contributed by atoms with E-state index in [0.717, 1.165) is 24.2 Å². The van der Waals surface area contributed by atoms with E-state index in [-0.39, 0.29) is 11.9 Å². The lowest BCUT2D eigenvalue weighted by Crippen LogP contribution is -2.25. The molecule has 6 heteroatoms. The number of benzene rings is 1. The molecule has 0 fully saturated rings. The van der Waals surface area contributed by atoms with Crippen LogP contribution in [0.1, 0.15) is 30.6 Å². The van der Waals surface area contributed by atoms with E-state index in [2.05, 4.69) is 33.3 Å². The Morgan fingerprint density at radius 2 is 2.25 bits per heavy atom. The Hall–Kier alpha value is -0.910. The standard InChI is InChI=1S/C14H16BrClFN3/c1-3-6-18-13(14-11(16)8-19-20(14)2)9-4-5-10(15)12(17)7-9/h4-5,7-8,13,18H,3,6H2,1-2H3. The monoisotopic (exact) mass is 359 g/mol. The molecule has 2 rings (SSSR count). The van der Waals surface area contributed by atoms with Gasteiger partial charge in [-0.15, -0.1) is 0 Å². The van der Waals surface area contributed by atoms with Crippen LogP contribution < -0.4 is 5.32 Å². The predicted octanol–water partition coefficient (Wildman–Crippen LogP) is 4.06. The molecule has 0 radical (unpaired) electrons. The molecule has 1 unspecified atom stereocenters. The molecule has 0 amide bonds. The fourth-order valence-electron chi connectivity index (χ4n) is 2.10. The molecule has 1 aromatic heterocycles. The van der Waals surface area contributed by atoms with Crippen LogP contribution in [0.4, 0.5) is 4.39 Å². The number of nitrogens with one attached hydrogen (secondary N) is 1. The van der Waals surface area contributed by atoms with E-state index in [1.807, 2.05) is 13.1 Å². The third kappa shape index (κ3) is 3.22. The molecule has 0 spiro atoms. The number of hydrogen-bond acceptors (Lipinski definition) is 2. The SMILES string of the molecule is CCCNC(c1ccc(Br)c(F)c1)c1c(Cl)cnn1C. The van der Waals surface area contributed by atoms with Gasteiger partial charge in [-0.2, -0.15) is 5.10 Å². The van der Waals surface area contributed by atoms with Crippen LogP contribution in [0.2, 0.25) is 5.02 Å². The van der Waals surface area contributed by atoms with Gasteiger partial charge in [-0.25, -0.2) is 4.39 Å². The van der Waals surface area contributed by atoms with Crippen LogP contribution in [-0.2, 0) is 7.05 Å². The first-order valence-corrected chi connectivity index (χ1v) is 7.57. The van der Waals surface area contributed by atoms with Crippen LogP contribution in [0, 0.1) is 5.82 Å². The van der Waals surface area contributed by atoms with Gasteiger partial charge in [0.15, 0.2) is 0 Å². The molecule has 1 N–H and O–H groups in total. The zero-order valence-electron chi connectivity index (χ0n) is 11.3. The summed E-state index contributed by atoms with van der Waals surface area (Å²) in [6.45, 7) is 2.89. The first-order chi connectivity index (χ1) is 9.54. The Morgan fingerprint density at radius 1 is 1.50 bits per heavy atom. The molecule has 108 valence electrons. The summed E-state index contributed by atoms with van der Waals surface area (Å²) in [5, 5.41) is 8.12. The van der Waals surface area contributed by atoms with Crippen LogP contribution >= 0.6 is 27.5 Å². The summed E-state index contributed by atoms with van der Waals surface area (Å²) in [4.78, 5) is 0. The topological polar surface area (TPSA) is 29.9 Å². The first-order valence-electron chi connectivity index (χ1n) is 6.40. The van der Waals surface area contributed by atoms with Crippen LogP contribution in [-0.4, -0.2) is 16.3 Å². The van der Waals surface area contributed by atoms with Gasteiger partial charge in [-0.05, 0) is 46.6 Å². The zero-order valence-corrected chi connectivity index (χ0v) is 13.7. The van der Waals surface area contributed by atoms with Gasteiger partial charge < -0.3 is 5.32 Å². The van der Waals surface area contributed by atoms with Gasteiger partial charge in [-0.1, -0.05) is 24.6 Å². The number of rotatable bonds is 5. The second-order valence-corrected chi connectivity index (χ2v) is 5.82. The van der Waals surface area contributed by atoms with Crippen LogP contribution in [0.5, 0.6) is 0 Å². The van der Waals surface area contributed by atoms with Crippen molar-refractivity contribution in [3.8, 4) is 0 Å². The van der Waals surface area contributed by atoms with Crippen molar-refractivity contribution in [3.05, 3.63) is 51.0 Å². The summed E-state index contributed by atoms with van der Waals surface area (Å²) >= 11 is 9.38. The molecule has 0 saturated heterocycles. The summed E-state index contributed by atoms with van der Waals surface area (Å²) in [5.41, 5.74) is 1.66. The van der Waals surface area contributed by atoms with Gasteiger partial charge in [0.2, 0.25) is 0 Å². The quantitative estimate of drug-likeness (QED) is 0.871. The van der Waals surface area contributed by atoms with Crippen molar-refractivity contribution in [3.63, 3.8) is 0 Å². The Kier molecular flexibility index (Phi) is 5.18. The van der Waals surface area contributed by atoms with Crippen molar-refractivity contribution >= 4 is 27.5 Å². The van der Waals surface area contributed by atoms with Gasteiger partial charge in [0.25, 0.3) is 0 Å². The lowest BCUT2D eigenvalue weighted by molar-refractivity contribution is 0.547. The summed E-state index contributed by atoms with van der Waals surface area (Å²) in [7, 11) is 1.83. The largest absolute Gasteiger partial charge is 0.305 e. The second-order valence-electron chi connectivity index (χ2n) is 4.56. The highest BCUT2D eigenvalue weighted by molar-refractivity contribution is 9.10. The van der Waals surface area contributed by atoms with Crippen molar-refractivity contribution in [2.24, 2.45) is 7.05 Å². The minimum absolute atomic E-state index is 0.183. The number of hydrogen-bond donors (Lipinski definition) is 1. The number of aryl methyl sites for hydroxylation is 1. The van der Waals surface area contributed by atoms with E-state index < -0.39 is 0 Å². The molecule has 1 aromatic carbocycles. The molecule has 0 aliphatic heterocycles.